The number of carboxylic acid groups (broad SMARTS) is 1. The molecule has 1 fully saturated rings. The van der Waals surface area contributed by atoms with Gasteiger partial charge in [0.05, 0.1) is 17.3 Å². The SMILES string of the molecule is C.CC1(C)SCN(S(=O)(=O)c2ccccc2)[C@@H]1C(=O)N[C@@H](CNC(=O)NCc1ccccc1)C(=O)O. The summed E-state index contributed by atoms with van der Waals surface area (Å²) < 4.78 is 26.7. The molecule has 0 radical (unpaired) electrons. The third kappa shape index (κ3) is 6.99. The number of carbonyl (C=O) groups is 3. The number of nitrogens with zero attached hydrogens (tertiary/aromatic N) is 1. The number of benzene rings is 2. The second kappa shape index (κ2) is 12.2. The Hall–Kier alpha value is -3.09. The Balaban J connectivity index is 0.00000456. The number of thioether (sulfide) groups is 1. The van der Waals surface area contributed by atoms with E-state index in [-0.39, 0.29) is 31.3 Å². The van der Waals surface area contributed by atoms with E-state index in [2.05, 4.69) is 16.0 Å². The minimum absolute atomic E-state index is 0. The van der Waals surface area contributed by atoms with E-state index in [1.807, 2.05) is 30.3 Å². The molecule has 12 heteroatoms. The molecule has 2 aromatic rings. The van der Waals surface area contributed by atoms with Gasteiger partial charge in [0.2, 0.25) is 15.9 Å². The van der Waals surface area contributed by atoms with Crippen LogP contribution >= 0.6 is 11.8 Å². The predicted molar refractivity (Wildman–Crippen MR) is 139 cm³/mol. The Labute approximate surface area is 215 Å². The highest BCUT2D eigenvalue weighted by Crippen LogP contribution is 2.42. The van der Waals surface area contributed by atoms with Crippen LogP contribution in [0.2, 0.25) is 0 Å². The standard InChI is InChI=1S/C23H28N4O6S2.CH4/c1-23(2)19(27(15-34-23)35(32,33)17-11-7-4-8-12-17)20(28)26-18(21(29)30)14-25-22(31)24-13-16-9-5-3-6-10-16;/h3-12,18-19H,13-15H2,1-2H3,(H,26,28)(H,29,30)(H2,24,25,31);1H4/t18-,19+;/m0./s1. The van der Waals surface area contributed by atoms with Crippen LogP contribution in [-0.4, -0.2) is 65.0 Å². The summed E-state index contributed by atoms with van der Waals surface area (Å²) in [6.07, 6.45) is 0. The number of carboxylic acids is 1. The highest BCUT2D eigenvalue weighted by atomic mass is 32.2. The highest BCUT2D eigenvalue weighted by Gasteiger charge is 2.51. The van der Waals surface area contributed by atoms with Crippen molar-refractivity contribution < 1.29 is 27.9 Å². The lowest BCUT2D eigenvalue weighted by Crippen LogP contribution is -2.58. The molecule has 1 aliphatic heterocycles. The lowest BCUT2D eigenvalue weighted by atomic mass is 10.0. The monoisotopic (exact) mass is 536 g/mol. The van der Waals surface area contributed by atoms with Gasteiger partial charge < -0.3 is 21.1 Å². The van der Waals surface area contributed by atoms with Gasteiger partial charge in [0.15, 0.2) is 0 Å². The Bertz CT molecular complexity index is 1160. The van der Waals surface area contributed by atoms with Gasteiger partial charge in [-0.3, -0.25) is 4.79 Å². The summed E-state index contributed by atoms with van der Waals surface area (Å²) in [5.41, 5.74) is 0.867. The van der Waals surface area contributed by atoms with Crippen LogP contribution in [0.5, 0.6) is 0 Å². The molecule has 2 aromatic carbocycles. The smallest absolute Gasteiger partial charge is 0.328 e. The fourth-order valence-corrected chi connectivity index (χ4v) is 6.79. The van der Waals surface area contributed by atoms with E-state index in [0.717, 1.165) is 9.87 Å². The number of amides is 3. The maximum atomic E-state index is 13.2. The maximum Gasteiger partial charge on any atom is 0.328 e. The molecule has 0 bridgehead atoms. The van der Waals surface area contributed by atoms with Gasteiger partial charge in [0, 0.05) is 11.3 Å². The number of hydrogen-bond acceptors (Lipinski definition) is 6. The summed E-state index contributed by atoms with van der Waals surface area (Å²) in [6.45, 7) is 3.32. The highest BCUT2D eigenvalue weighted by molar-refractivity contribution is 8.02. The molecule has 0 aromatic heterocycles. The fourth-order valence-electron chi connectivity index (χ4n) is 3.60. The van der Waals surface area contributed by atoms with Gasteiger partial charge in [0.25, 0.3) is 0 Å². The Morgan fingerprint density at radius 1 is 1.06 bits per heavy atom. The third-order valence-corrected chi connectivity index (χ3v) is 8.85. The van der Waals surface area contributed by atoms with Crippen LogP contribution in [0.3, 0.4) is 0 Å². The average molecular weight is 537 g/mol. The van der Waals surface area contributed by atoms with Crippen LogP contribution in [0, 0.1) is 0 Å². The molecule has 196 valence electrons. The fraction of sp³-hybridized carbons (Fsp3) is 0.375. The van der Waals surface area contributed by atoms with Crippen LogP contribution in [0.25, 0.3) is 0 Å². The van der Waals surface area contributed by atoms with Crippen molar-refractivity contribution in [3.63, 3.8) is 0 Å². The van der Waals surface area contributed by atoms with E-state index in [4.69, 9.17) is 0 Å². The molecule has 0 unspecified atom stereocenters. The zero-order valence-corrected chi connectivity index (χ0v) is 20.9. The van der Waals surface area contributed by atoms with E-state index in [9.17, 15) is 27.9 Å². The molecule has 0 saturated carbocycles. The molecule has 10 nitrogen and oxygen atoms in total. The van der Waals surface area contributed by atoms with Gasteiger partial charge in [-0.05, 0) is 31.5 Å². The Morgan fingerprint density at radius 3 is 2.22 bits per heavy atom. The second-order valence-corrected chi connectivity index (χ2v) is 11.9. The van der Waals surface area contributed by atoms with Gasteiger partial charge >= 0.3 is 12.0 Å². The summed E-state index contributed by atoms with van der Waals surface area (Å²) in [5, 5.41) is 17.0. The van der Waals surface area contributed by atoms with E-state index in [1.54, 1.807) is 32.0 Å². The molecular weight excluding hydrogens is 504 g/mol. The van der Waals surface area contributed by atoms with E-state index >= 15 is 0 Å². The van der Waals surface area contributed by atoms with E-state index < -0.39 is 44.8 Å². The third-order valence-electron chi connectivity index (χ3n) is 5.49. The Kier molecular flexibility index (Phi) is 9.91. The molecule has 1 aliphatic rings. The molecule has 0 spiro atoms. The molecular formula is C24H32N4O6S2. The first kappa shape index (κ1) is 29.1. The van der Waals surface area contributed by atoms with Crippen molar-refractivity contribution in [3.8, 4) is 0 Å². The van der Waals surface area contributed by atoms with Crippen LogP contribution in [0.4, 0.5) is 4.79 Å². The van der Waals surface area contributed by atoms with Crippen molar-refractivity contribution in [1.82, 2.24) is 20.3 Å². The number of rotatable bonds is 9. The zero-order valence-electron chi connectivity index (χ0n) is 19.3. The summed E-state index contributed by atoms with van der Waals surface area (Å²) in [5.74, 6) is -2.07. The summed E-state index contributed by atoms with van der Waals surface area (Å²) in [4.78, 5) is 37.1. The largest absolute Gasteiger partial charge is 0.480 e. The normalized spacial score (nSPS) is 17.9. The summed E-state index contributed by atoms with van der Waals surface area (Å²) >= 11 is 1.28. The molecule has 0 aliphatic carbocycles. The zero-order chi connectivity index (χ0) is 25.6. The van der Waals surface area contributed by atoms with Crippen molar-refractivity contribution in [2.45, 2.75) is 49.5 Å². The molecule has 36 heavy (non-hydrogen) atoms. The number of aliphatic carboxylic acids is 1. The van der Waals surface area contributed by atoms with Crippen LogP contribution in [-0.2, 0) is 26.2 Å². The van der Waals surface area contributed by atoms with Crippen molar-refractivity contribution in [2.24, 2.45) is 0 Å². The van der Waals surface area contributed by atoms with Gasteiger partial charge in [-0.2, -0.15) is 4.31 Å². The minimum atomic E-state index is -3.99. The lowest BCUT2D eigenvalue weighted by Gasteiger charge is -2.30. The van der Waals surface area contributed by atoms with Gasteiger partial charge in [0.1, 0.15) is 12.1 Å². The molecule has 1 heterocycles. The number of sulfonamides is 1. The van der Waals surface area contributed by atoms with Crippen LogP contribution < -0.4 is 16.0 Å². The van der Waals surface area contributed by atoms with Crippen molar-refractivity contribution in [1.29, 1.82) is 0 Å². The molecule has 3 rings (SSSR count). The van der Waals surface area contributed by atoms with E-state index in [0.29, 0.717) is 0 Å². The molecule has 3 amide bonds. The van der Waals surface area contributed by atoms with Crippen LogP contribution in [0.15, 0.2) is 65.6 Å². The van der Waals surface area contributed by atoms with Crippen LogP contribution in [0.1, 0.15) is 26.8 Å². The first-order valence-corrected chi connectivity index (χ1v) is 13.2. The topological polar surface area (TPSA) is 145 Å². The predicted octanol–water partition coefficient (Wildman–Crippen LogP) is 2.23. The quantitative estimate of drug-likeness (QED) is 0.385. The first-order valence-electron chi connectivity index (χ1n) is 10.8. The summed E-state index contributed by atoms with van der Waals surface area (Å²) in [6, 6.07) is 13.7. The second-order valence-electron chi connectivity index (χ2n) is 8.43. The first-order chi connectivity index (χ1) is 16.5. The number of carbonyl (C=O) groups excluding carboxylic acids is 2. The van der Waals surface area contributed by atoms with Crippen molar-refractivity contribution in [2.75, 3.05) is 12.4 Å². The van der Waals surface area contributed by atoms with Gasteiger partial charge in [-0.1, -0.05) is 56.0 Å². The number of urea groups is 1. The van der Waals surface area contributed by atoms with Gasteiger partial charge in [-0.25, -0.2) is 18.0 Å². The van der Waals surface area contributed by atoms with E-state index in [1.165, 1.54) is 23.9 Å². The number of hydrogen-bond donors (Lipinski definition) is 4. The Morgan fingerprint density at radius 2 is 1.64 bits per heavy atom. The maximum absolute atomic E-state index is 13.2. The molecule has 1 saturated heterocycles. The lowest BCUT2D eigenvalue weighted by molar-refractivity contribution is -0.142. The van der Waals surface area contributed by atoms with Crippen molar-refractivity contribution in [3.05, 3.63) is 66.2 Å². The van der Waals surface area contributed by atoms with Gasteiger partial charge in [-0.15, -0.1) is 11.8 Å². The van der Waals surface area contributed by atoms with Crippen molar-refractivity contribution >= 4 is 39.7 Å². The summed E-state index contributed by atoms with van der Waals surface area (Å²) in [7, 11) is -3.99. The number of nitrogens with one attached hydrogen (secondary N) is 3. The minimum Gasteiger partial charge on any atom is -0.480 e. The molecule has 2 atom stereocenters. The molecule has 4 N–H and O–H groups in total. The average Bonchev–Trinajstić information content (AvgIpc) is 3.17.